The van der Waals surface area contributed by atoms with Gasteiger partial charge in [-0.2, -0.15) is 26.7 Å². The normalized spacial score (nSPS) is 12.0. The first-order valence-corrected chi connectivity index (χ1v) is 7.47. The lowest BCUT2D eigenvalue weighted by atomic mass is 10.4. The lowest BCUT2D eigenvalue weighted by molar-refractivity contribution is 0.312. The van der Waals surface area contributed by atoms with Gasteiger partial charge in [-0.25, -0.2) is 0 Å². The molecule has 1 heterocycles. The zero-order chi connectivity index (χ0) is 13.4. The van der Waals surface area contributed by atoms with Crippen LogP contribution in [0.4, 0.5) is 11.9 Å². The van der Waals surface area contributed by atoms with Crippen molar-refractivity contribution in [3.63, 3.8) is 0 Å². The number of hydrogen-bond acceptors (Lipinski definition) is 7. The molecule has 1 rings (SSSR count). The lowest BCUT2D eigenvalue weighted by Crippen LogP contribution is -2.20. The van der Waals surface area contributed by atoms with E-state index in [1.165, 1.54) is 0 Å². The van der Waals surface area contributed by atoms with E-state index in [0.29, 0.717) is 30.6 Å². The predicted molar refractivity (Wildman–Crippen MR) is 76.6 cm³/mol. The minimum atomic E-state index is 0.298. The van der Waals surface area contributed by atoms with Crippen LogP contribution < -0.4 is 15.4 Å². The van der Waals surface area contributed by atoms with Crippen LogP contribution in [0.15, 0.2) is 0 Å². The molecule has 6 nitrogen and oxygen atoms in total. The summed E-state index contributed by atoms with van der Waals surface area (Å²) in [6, 6.07) is 0.647. The maximum absolute atomic E-state index is 5.33. The number of rotatable bonds is 8. The minimum Gasteiger partial charge on any atom is -0.464 e. The topological polar surface area (TPSA) is 72.0 Å². The summed E-state index contributed by atoms with van der Waals surface area (Å²) < 4.78 is 5.33. The van der Waals surface area contributed by atoms with E-state index in [9.17, 15) is 0 Å². The summed E-state index contributed by atoms with van der Waals surface area (Å²) in [5, 5.41) is 6.30. The summed E-state index contributed by atoms with van der Waals surface area (Å²) in [6.07, 6.45) is 2.07. The molecule has 0 aliphatic heterocycles. The highest BCUT2D eigenvalue weighted by atomic mass is 32.2. The quantitative estimate of drug-likeness (QED) is 0.747. The van der Waals surface area contributed by atoms with Gasteiger partial charge in [0.2, 0.25) is 11.9 Å². The Kier molecular flexibility index (Phi) is 6.56. The molecule has 0 aliphatic rings. The van der Waals surface area contributed by atoms with Crippen LogP contribution in [0.2, 0.25) is 0 Å². The van der Waals surface area contributed by atoms with Gasteiger partial charge < -0.3 is 15.4 Å². The summed E-state index contributed by atoms with van der Waals surface area (Å²) in [7, 11) is 0. The average molecular weight is 271 g/mol. The molecular weight excluding hydrogens is 250 g/mol. The second-order valence-corrected chi connectivity index (χ2v) is 4.64. The third kappa shape index (κ3) is 4.95. The van der Waals surface area contributed by atoms with Crippen molar-refractivity contribution in [2.75, 3.05) is 35.8 Å². The van der Waals surface area contributed by atoms with E-state index in [1.807, 2.05) is 13.8 Å². The number of anilines is 2. The van der Waals surface area contributed by atoms with Crippen LogP contribution >= 0.6 is 11.8 Å². The second kappa shape index (κ2) is 7.97. The predicted octanol–water partition coefficient (Wildman–Crippen LogP) is 1.87. The summed E-state index contributed by atoms with van der Waals surface area (Å²) in [6.45, 7) is 7.28. The Hall–Kier alpha value is -1.24. The molecule has 2 N–H and O–H groups in total. The van der Waals surface area contributed by atoms with Crippen molar-refractivity contribution in [3.8, 4) is 6.01 Å². The molecule has 1 aromatic heterocycles. The highest BCUT2D eigenvalue weighted by Crippen LogP contribution is 2.12. The fourth-order valence-corrected chi connectivity index (χ4v) is 1.95. The molecule has 18 heavy (non-hydrogen) atoms. The van der Waals surface area contributed by atoms with Crippen LogP contribution in [0.3, 0.4) is 0 Å². The Morgan fingerprint density at radius 2 is 1.94 bits per heavy atom. The summed E-state index contributed by atoms with van der Waals surface area (Å²) in [4.78, 5) is 12.7. The van der Waals surface area contributed by atoms with Gasteiger partial charge in [0.25, 0.3) is 0 Å². The van der Waals surface area contributed by atoms with E-state index >= 15 is 0 Å². The number of ether oxygens (including phenoxy) is 1. The Morgan fingerprint density at radius 1 is 1.22 bits per heavy atom. The van der Waals surface area contributed by atoms with Crippen molar-refractivity contribution in [1.29, 1.82) is 0 Å². The molecule has 1 atom stereocenters. The van der Waals surface area contributed by atoms with Crippen LogP contribution in [0.5, 0.6) is 6.01 Å². The first-order chi connectivity index (χ1) is 8.69. The number of thioether (sulfide) groups is 1. The van der Waals surface area contributed by atoms with Gasteiger partial charge >= 0.3 is 6.01 Å². The number of aromatic nitrogens is 3. The van der Waals surface area contributed by atoms with E-state index in [4.69, 9.17) is 4.74 Å². The fourth-order valence-electron chi connectivity index (χ4n) is 1.36. The molecule has 0 bridgehead atoms. The molecule has 0 saturated carbocycles. The lowest BCUT2D eigenvalue weighted by Gasteiger charge is -2.13. The first-order valence-electron chi connectivity index (χ1n) is 6.07. The van der Waals surface area contributed by atoms with E-state index in [1.54, 1.807) is 11.8 Å². The second-order valence-electron chi connectivity index (χ2n) is 3.73. The zero-order valence-corrected chi connectivity index (χ0v) is 12.2. The Labute approximate surface area is 112 Å². The fraction of sp³-hybridized carbons (Fsp3) is 0.727. The maximum atomic E-state index is 5.33. The van der Waals surface area contributed by atoms with Crippen molar-refractivity contribution >= 4 is 23.7 Å². The van der Waals surface area contributed by atoms with Gasteiger partial charge in [0.05, 0.1) is 6.61 Å². The SMILES string of the molecule is CCNc1nc(NC(C)CSC)nc(OCC)n1. The van der Waals surface area contributed by atoms with Crippen molar-refractivity contribution < 1.29 is 4.74 Å². The third-order valence-corrected chi connectivity index (χ3v) is 2.85. The Morgan fingerprint density at radius 3 is 2.56 bits per heavy atom. The highest BCUT2D eigenvalue weighted by molar-refractivity contribution is 7.98. The maximum Gasteiger partial charge on any atom is 0.323 e. The molecule has 0 radical (unpaired) electrons. The minimum absolute atomic E-state index is 0.298. The summed E-state index contributed by atoms with van der Waals surface area (Å²) >= 11 is 1.78. The molecule has 0 amide bonds. The largest absolute Gasteiger partial charge is 0.464 e. The van der Waals surface area contributed by atoms with E-state index in [2.05, 4.69) is 38.8 Å². The zero-order valence-electron chi connectivity index (χ0n) is 11.4. The van der Waals surface area contributed by atoms with Crippen LogP contribution in [0, 0.1) is 0 Å². The van der Waals surface area contributed by atoms with E-state index in [-0.39, 0.29) is 0 Å². The smallest absolute Gasteiger partial charge is 0.323 e. The highest BCUT2D eigenvalue weighted by Gasteiger charge is 2.09. The Balaban J connectivity index is 2.81. The third-order valence-electron chi connectivity index (χ3n) is 2.02. The van der Waals surface area contributed by atoms with Gasteiger partial charge in [-0.3, -0.25) is 0 Å². The molecule has 0 saturated heterocycles. The van der Waals surface area contributed by atoms with Crippen molar-refractivity contribution in [1.82, 2.24) is 15.0 Å². The van der Waals surface area contributed by atoms with Gasteiger partial charge in [-0.1, -0.05) is 0 Å². The first kappa shape index (κ1) is 14.8. The van der Waals surface area contributed by atoms with Gasteiger partial charge in [-0.05, 0) is 27.0 Å². The molecule has 1 unspecified atom stereocenters. The molecular formula is C11H21N5OS. The standard InChI is InChI=1S/C11H21N5OS/c1-5-12-9-14-10(13-8(3)7-18-4)16-11(15-9)17-6-2/h8H,5-7H2,1-4H3,(H2,12,13,14,15,16). The molecule has 0 fully saturated rings. The van der Waals surface area contributed by atoms with Crippen LogP contribution in [-0.4, -0.2) is 46.2 Å². The van der Waals surface area contributed by atoms with Crippen molar-refractivity contribution in [2.24, 2.45) is 0 Å². The molecule has 0 aromatic carbocycles. The van der Waals surface area contributed by atoms with Gasteiger partial charge in [0, 0.05) is 18.3 Å². The van der Waals surface area contributed by atoms with Crippen molar-refractivity contribution in [2.45, 2.75) is 26.8 Å². The molecule has 0 aliphatic carbocycles. The number of nitrogens with zero attached hydrogens (tertiary/aromatic N) is 3. The molecule has 102 valence electrons. The van der Waals surface area contributed by atoms with E-state index < -0.39 is 0 Å². The molecule has 7 heteroatoms. The average Bonchev–Trinajstić information content (AvgIpc) is 2.29. The van der Waals surface area contributed by atoms with Crippen LogP contribution in [0.1, 0.15) is 20.8 Å². The summed E-state index contributed by atoms with van der Waals surface area (Å²) in [5.74, 6) is 2.08. The van der Waals surface area contributed by atoms with Gasteiger partial charge in [0.1, 0.15) is 0 Å². The van der Waals surface area contributed by atoms with Crippen LogP contribution in [0.25, 0.3) is 0 Å². The van der Waals surface area contributed by atoms with Gasteiger partial charge in [-0.15, -0.1) is 0 Å². The van der Waals surface area contributed by atoms with Crippen LogP contribution in [-0.2, 0) is 0 Å². The van der Waals surface area contributed by atoms with Gasteiger partial charge in [0.15, 0.2) is 0 Å². The molecule has 0 spiro atoms. The number of hydrogen-bond donors (Lipinski definition) is 2. The number of nitrogens with one attached hydrogen (secondary N) is 2. The summed E-state index contributed by atoms with van der Waals surface area (Å²) in [5.41, 5.74) is 0. The van der Waals surface area contributed by atoms with E-state index in [0.717, 1.165) is 12.3 Å². The Bertz CT molecular complexity index is 339. The molecule has 1 aromatic rings. The van der Waals surface area contributed by atoms with Crippen molar-refractivity contribution in [3.05, 3.63) is 0 Å². The monoisotopic (exact) mass is 271 g/mol.